The summed E-state index contributed by atoms with van der Waals surface area (Å²) < 4.78 is 0. The second kappa shape index (κ2) is 2.98. The molecule has 64 valence electrons. The third kappa shape index (κ3) is 1.20. The highest BCUT2D eigenvalue weighted by atomic mass is 14.7. The van der Waals surface area contributed by atoms with Crippen molar-refractivity contribution in [3.8, 4) is 0 Å². The lowest BCUT2D eigenvalue weighted by Crippen LogP contribution is -2.16. The molecule has 0 unspecified atom stereocenters. The summed E-state index contributed by atoms with van der Waals surface area (Å²) in [5.74, 6) is 0. The number of benzene rings is 1. The lowest BCUT2D eigenvalue weighted by Gasteiger charge is -2.12. The maximum atomic E-state index is 7.66. The number of nitrogens with one attached hydrogen (secondary N) is 1. The van der Waals surface area contributed by atoms with Crippen LogP contribution in [-0.4, -0.2) is 18.5 Å². The second-order valence-corrected chi connectivity index (χ2v) is 2.91. The van der Waals surface area contributed by atoms with Crippen LogP contribution < -0.4 is 0 Å². The first-order valence-corrected chi connectivity index (χ1v) is 4.16. The van der Waals surface area contributed by atoms with Crippen molar-refractivity contribution < 1.29 is 0 Å². The number of fused-ring (bicyclic) bond motifs is 1. The zero-order chi connectivity index (χ0) is 9.26. The molecule has 0 atom stereocenters. The molecule has 1 aliphatic carbocycles. The molecular formula is C11H10N2. The molecule has 2 heteroatoms. The first-order valence-electron chi connectivity index (χ1n) is 4.16. The predicted octanol–water partition coefficient (Wildman–Crippen LogP) is 2.15. The number of hydrogen-bond acceptors (Lipinski definition) is 2. The minimum absolute atomic E-state index is 0.487. The van der Waals surface area contributed by atoms with E-state index in [1.807, 2.05) is 30.3 Å². The first kappa shape index (κ1) is 7.92. The van der Waals surface area contributed by atoms with E-state index < -0.39 is 0 Å². The second-order valence-electron chi connectivity index (χ2n) is 2.91. The fourth-order valence-corrected chi connectivity index (χ4v) is 1.50. The van der Waals surface area contributed by atoms with Gasteiger partial charge >= 0.3 is 0 Å². The van der Waals surface area contributed by atoms with E-state index in [4.69, 9.17) is 5.41 Å². The van der Waals surface area contributed by atoms with E-state index in [0.717, 1.165) is 16.8 Å². The minimum Gasteiger partial charge on any atom is -0.299 e. The molecule has 0 saturated carbocycles. The smallest absolute Gasteiger partial charge is 0.0898 e. The van der Waals surface area contributed by atoms with E-state index >= 15 is 0 Å². The Labute approximate surface area is 77.1 Å². The summed E-state index contributed by atoms with van der Waals surface area (Å²) in [5.41, 5.74) is 3.45. The van der Waals surface area contributed by atoms with Gasteiger partial charge in [0.1, 0.15) is 0 Å². The molecular weight excluding hydrogens is 160 g/mol. The summed E-state index contributed by atoms with van der Waals surface area (Å²) in [5, 5.41) is 7.66. The van der Waals surface area contributed by atoms with Crippen molar-refractivity contribution in [3.05, 3.63) is 41.5 Å². The molecule has 0 heterocycles. The van der Waals surface area contributed by atoms with E-state index in [2.05, 4.69) is 4.99 Å². The van der Waals surface area contributed by atoms with Gasteiger partial charge in [-0.25, -0.2) is 0 Å². The highest BCUT2D eigenvalue weighted by Gasteiger charge is 2.13. The van der Waals surface area contributed by atoms with Crippen LogP contribution in [0.1, 0.15) is 11.1 Å². The van der Waals surface area contributed by atoms with Gasteiger partial charge in [-0.15, -0.1) is 0 Å². The Kier molecular flexibility index (Phi) is 1.81. The summed E-state index contributed by atoms with van der Waals surface area (Å²) in [7, 11) is 1.72. The van der Waals surface area contributed by atoms with E-state index in [1.54, 1.807) is 13.1 Å². The van der Waals surface area contributed by atoms with Gasteiger partial charge < -0.3 is 0 Å². The molecule has 0 fully saturated rings. The fourth-order valence-electron chi connectivity index (χ4n) is 1.50. The van der Waals surface area contributed by atoms with Gasteiger partial charge in [0.2, 0.25) is 0 Å². The van der Waals surface area contributed by atoms with Crippen molar-refractivity contribution >= 4 is 17.5 Å². The Morgan fingerprint density at radius 3 is 2.69 bits per heavy atom. The van der Waals surface area contributed by atoms with Gasteiger partial charge in [-0.05, 0) is 11.6 Å². The number of aliphatic imine (C=N–C) groups is 1. The monoisotopic (exact) mass is 170 g/mol. The third-order valence-corrected chi connectivity index (χ3v) is 2.12. The first-order chi connectivity index (χ1) is 6.33. The quantitative estimate of drug-likeness (QED) is 0.619. The van der Waals surface area contributed by atoms with Crippen molar-refractivity contribution in [2.45, 2.75) is 0 Å². The summed E-state index contributed by atoms with van der Waals surface area (Å²) in [6.45, 7) is 0. The van der Waals surface area contributed by atoms with Crippen LogP contribution in [0.3, 0.4) is 0 Å². The van der Waals surface area contributed by atoms with E-state index in [1.165, 1.54) is 0 Å². The van der Waals surface area contributed by atoms with Crippen molar-refractivity contribution in [2.75, 3.05) is 7.05 Å². The lowest BCUT2D eigenvalue weighted by atomic mass is 9.94. The van der Waals surface area contributed by atoms with Crippen LogP contribution in [0.25, 0.3) is 6.08 Å². The lowest BCUT2D eigenvalue weighted by molar-refractivity contribution is 1.42. The Balaban J connectivity index is 2.67. The molecule has 0 aliphatic heterocycles. The Bertz CT molecular complexity index is 414. The van der Waals surface area contributed by atoms with Crippen molar-refractivity contribution in [1.29, 1.82) is 5.41 Å². The van der Waals surface area contributed by atoms with Crippen LogP contribution in [0.5, 0.6) is 0 Å². The Hall–Kier alpha value is -1.70. The molecule has 0 radical (unpaired) electrons. The zero-order valence-electron chi connectivity index (χ0n) is 7.41. The van der Waals surface area contributed by atoms with E-state index in [-0.39, 0.29) is 0 Å². The molecule has 0 bridgehead atoms. The molecule has 1 aromatic rings. The third-order valence-electron chi connectivity index (χ3n) is 2.12. The summed E-state index contributed by atoms with van der Waals surface area (Å²) in [4.78, 5) is 4.11. The van der Waals surface area contributed by atoms with Crippen LogP contribution in [0, 0.1) is 5.41 Å². The average Bonchev–Trinajstić information content (AvgIpc) is 2.18. The number of rotatable bonds is 0. The number of hydrogen-bond donors (Lipinski definition) is 1. The molecule has 0 saturated heterocycles. The Morgan fingerprint density at radius 1 is 1.15 bits per heavy atom. The zero-order valence-corrected chi connectivity index (χ0v) is 7.41. The van der Waals surface area contributed by atoms with Crippen LogP contribution >= 0.6 is 0 Å². The highest BCUT2D eigenvalue weighted by Crippen LogP contribution is 2.17. The van der Waals surface area contributed by atoms with Gasteiger partial charge in [-0.2, -0.15) is 0 Å². The van der Waals surface area contributed by atoms with Crippen LogP contribution in [0.2, 0.25) is 0 Å². The summed E-state index contributed by atoms with van der Waals surface area (Å²) in [6, 6.07) is 7.99. The topological polar surface area (TPSA) is 36.2 Å². The maximum absolute atomic E-state index is 7.66. The van der Waals surface area contributed by atoms with E-state index in [0.29, 0.717) is 5.71 Å². The molecule has 13 heavy (non-hydrogen) atoms. The minimum atomic E-state index is 0.487. The molecule has 0 spiro atoms. The molecule has 0 amide bonds. The van der Waals surface area contributed by atoms with Gasteiger partial charge in [-0.1, -0.05) is 30.3 Å². The number of nitrogens with zero attached hydrogens (tertiary/aromatic N) is 1. The summed E-state index contributed by atoms with van der Waals surface area (Å²) >= 11 is 0. The van der Waals surface area contributed by atoms with E-state index in [9.17, 15) is 0 Å². The van der Waals surface area contributed by atoms with Crippen LogP contribution in [0.15, 0.2) is 35.3 Å². The molecule has 2 nitrogen and oxygen atoms in total. The fraction of sp³-hybridized carbons (Fsp3) is 0.0909. The van der Waals surface area contributed by atoms with Gasteiger partial charge in [-0.3, -0.25) is 10.4 Å². The average molecular weight is 170 g/mol. The van der Waals surface area contributed by atoms with Crippen molar-refractivity contribution in [2.24, 2.45) is 4.99 Å². The van der Waals surface area contributed by atoms with Gasteiger partial charge in [0.15, 0.2) is 0 Å². The molecule has 2 rings (SSSR count). The largest absolute Gasteiger partial charge is 0.299 e. The van der Waals surface area contributed by atoms with Crippen molar-refractivity contribution in [3.63, 3.8) is 0 Å². The number of allylic oxidation sites excluding steroid dienone is 1. The molecule has 1 aliphatic rings. The molecule has 1 aromatic carbocycles. The Morgan fingerprint density at radius 2 is 1.92 bits per heavy atom. The molecule has 1 N–H and O–H groups in total. The van der Waals surface area contributed by atoms with Crippen molar-refractivity contribution in [1.82, 2.24) is 0 Å². The van der Waals surface area contributed by atoms with Gasteiger partial charge in [0.05, 0.1) is 11.4 Å². The summed E-state index contributed by atoms with van der Waals surface area (Å²) in [6.07, 6.45) is 3.73. The van der Waals surface area contributed by atoms with Crippen LogP contribution in [0.4, 0.5) is 0 Å². The SMILES string of the molecule is C/N=C1\C(=N)C=Cc2ccccc21. The predicted molar refractivity (Wildman–Crippen MR) is 55.7 cm³/mol. The van der Waals surface area contributed by atoms with Gasteiger partial charge in [0.25, 0.3) is 0 Å². The maximum Gasteiger partial charge on any atom is 0.0898 e. The standard InChI is InChI=1S/C11H10N2/c1-13-11-9-5-3-2-4-8(9)6-7-10(11)12/h2-7,12H,1H3/b12-10?,13-11-. The van der Waals surface area contributed by atoms with Gasteiger partial charge in [0, 0.05) is 12.6 Å². The molecule has 0 aromatic heterocycles. The normalized spacial score (nSPS) is 17.6. The van der Waals surface area contributed by atoms with Crippen LogP contribution in [-0.2, 0) is 0 Å². The highest BCUT2D eigenvalue weighted by molar-refractivity contribution is 6.53.